The highest BCUT2D eigenvalue weighted by atomic mass is 16.3. The number of rotatable bonds is 3. The van der Waals surface area contributed by atoms with E-state index in [4.69, 9.17) is 4.42 Å². The Balaban J connectivity index is 2.09. The van der Waals surface area contributed by atoms with Gasteiger partial charge in [-0.3, -0.25) is 0 Å². The van der Waals surface area contributed by atoms with E-state index in [2.05, 4.69) is 15.3 Å². The molecule has 2 heterocycles. The van der Waals surface area contributed by atoms with Gasteiger partial charge in [-0.05, 0) is 32.2 Å². The first-order chi connectivity index (χ1) is 9.26. The number of aryl methyl sites for hydroxylation is 1. The summed E-state index contributed by atoms with van der Waals surface area (Å²) in [7, 11) is 1.90. The van der Waals surface area contributed by atoms with Gasteiger partial charge in [0.05, 0.1) is 5.69 Å². The van der Waals surface area contributed by atoms with Crippen molar-refractivity contribution in [2.45, 2.75) is 13.5 Å². The van der Waals surface area contributed by atoms with Crippen LogP contribution in [0, 0.1) is 6.92 Å². The molecule has 0 bridgehead atoms. The second-order valence-corrected chi connectivity index (χ2v) is 4.50. The van der Waals surface area contributed by atoms with Gasteiger partial charge in [-0.1, -0.05) is 18.2 Å². The standard InChI is InChI=1S/C15H15N3O/c1-10-7-12(9-16-2)18-15(17-10)14-8-11-5-3-4-6-13(11)19-14/h3-8,16H,9H2,1-2H3. The number of aromatic nitrogens is 2. The summed E-state index contributed by atoms with van der Waals surface area (Å²) in [6.45, 7) is 2.68. The molecule has 0 amide bonds. The molecule has 0 atom stereocenters. The summed E-state index contributed by atoms with van der Waals surface area (Å²) in [6, 6.07) is 11.9. The van der Waals surface area contributed by atoms with E-state index in [1.165, 1.54) is 0 Å². The predicted octanol–water partition coefficient (Wildman–Crippen LogP) is 2.92. The zero-order valence-corrected chi connectivity index (χ0v) is 11.0. The van der Waals surface area contributed by atoms with Crippen molar-refractivity contribution in [2.24, 2.45) is 0 Å². The van der Waals surface area contributed by atoms with Gasteiger partial charge in [0.2, 0.25) is 0 Å². The summed E-state index contributed by atoms with van der Waals surface area (Å²) < 4.78 is 5.80. The Kier molecular flexibility index (Phi) is 3.01. The van der Waals surface area contributed by atoms with E-state index in [9.17, 15) is 0 Å². The van der Waals surface area contributed by atoms with Crippen LogP contribution in [0.4, 0.5) is 0 Å². The third kappa shape index (κ3) is 2.35. The van der Waals surface area contributed by atoms with Crippen molar-refractivity contribution >= 4 is 11.0 Å². The molecule has 19 heavy (non-hydrogen) atoms. The Morgan fingerprint density at radius 1 is 1.16 bits per heavy atom. The van der Waals surface area contributed by atoms with Gasteiger partial charge in [0.15, 0.2) is 11.6 Å². The number of para-hydroxylation sites is 1. The summed E-state index contributed by atoms with van der Waals surface area (Å²) in [5.74, 6) is 1.35. The van der Waals surface area contributed by atoms with Gasteiger partial charge >= 0.3 is 0 Å². The van der Waals surface area contributed by atoms with Crippen LogP contribution in [0.2, 0.25) is 0 Å². The normalized spacial score (nSPS) is 11.1. The van der Waals surface area contributed by atoms with E-state index in [1.807, 2.05) is 50.4 Å². The lowest BCUT2D eigenvalue weighted by Crippen LogP contribution is -2.08. The molecule has 3 rings (SSSR count). The Morgan fingerprint density at radius 2 is 2.00 bits per heavy atom. The van der Waals surface area contributed by atoms with E-state index < -0.39 is 0 Å². The lowest BCUT2D eigenvalue weighted by atomic mass is 10.2. The van der Waals surface area contributed by atoms with Gasteiger partial charge in [-0.15, -0.1) is 0 Å². The monoisotopic (exact) mass is 253 g/mol. The highest BCUT2D eigenvalue weighted by Crippen LogP contribution is 2.25. The van der Waals surface area contributed by atoms with E-state index in [-0.39, 0.29) is 0 Å². The molecule has 0 saturated carbocycles. The van der Waals surface area contributed by atoms with Crippen LogP contribution in [0.5, 0.6) is 0 Å². The number of fused-ring (bicyclic) bond motifs is 1. The number of nitrogens with zero attached hydrogens (tertiary/aromatic N) is 2. The topological polar surface area (TPSA) is 51.0 Å². The van der Waals surface area contributed by atoms with Crippen LogP contribution in [-0.2, 0) is 6.54 Å². The number of furan rings is 1. The predicted molar refractivity (Wildman–Crippen MR) is 74.7 cm³/mol. The second-order valence-electron chi connectivity index (χ2n) is 4.50. The maximum absolute atomic E-state index is 5.80. The van der Waals surface area contributed by atoms with Crippen molar-refractivity contribution < 1.29 is 4.42 Å². The molecule has 0 radical (unpaired) electrons. The molecule has 96 valence electrons. The minimum Gasteiger partial charge on any atom is -0.453 e. The zero-order chi connectivity index (χ0) is 13.2. The van der Waals surface area contributed by atoms with Crippen molar-refractivity contribution in [1.29, 1.82) is 0 Å². The summed E-state index contributed by atoms with van der Waals surface area (Å²) in [5.41, 5.74) is 2.76. The van der Waals surface area contributed by atoms with Gasteiger partial charge in [-0.25, -0.2) is 9.97 Å². The first-order valence-electron chi connectivity index (χ1n) is 6.24. The molecule has 4 nitrogen and oxygen atoms in total. The molecule has 0 fully saturated rings. The average Bonchev–Trinajstić information content (AvgIpc) is 2.82. The Bertz CT molecular complexity index is 685. The van der Waals surface area contributed by atoms with Crippen LogP contribution in [0.1, 0.15) is 11.4 Å². The maximum Gasteiger partial charge on any atom is 0.196 e. The molecule has 0 unspecified atom stereocenters. The summed E-state index contributed by atoms with van der Waals surface area (Å²) in [6.07, 6.45) is 0. The number of benzene rings is 1. The van der Waals surface area contributed by atoms with Crippen molar-refractivity contribution in [1.82, 2.24) is 15.3 Å². The number of hydrogen-bond acceptors (Lipinski definition) is 4. The Morgan fingerprint density at radius 3 is 2.79 bits per heavy atom. The third-order valence-electron chi connectivity index (χ3n) is 2.91. The lowest BCUT2D eigenvalue weighted by molar-refractivity contribution is 0.623. The van der Waals surface area contributed by atoms with Crippen LogP contribution < -0.4 is 5.32 Å². The molecule has 0 aliphatic heterocycles. The molecule has 3 aromatic rings. The van der Waals surface area contributed by atoms with Crippen LogP contribution in [0.25, 0.3) is 22.6 Å². The molecule has 0 spiro atoms. The first-order valence-corrected chi connectivity index (χ1v) is 6.24. The van der Waals surface area contributed by atoms with Crippen LogP contribution in [-0.4, -0.2) is 17.0 Å². The van der Waals surface area contributed by atoms with E-state index in [1.54, 1.807) is 0 Å². The molecule has 1 aromatic carbocycles. The molecule has 4 heteroatoms. The molecular formula is C15H15N3O. The molecular weight excluding hydrogens is 238 g/mol. The van der Waals surface area contributed by atoms with Gasteiger partial charge in [0, 0.05) is 17.6 Å². The SMILES string of the molecule is CNCc1cc(C)nc(-c2cc3ccccc3o2)n1. The minimum absolute atomic E-state index is 0.640. The Labute approximate surface area is 111 Å². The highest BCUT2D eigenvalue weighted by Gasteiger charge is 2.10. The molecule has 0 aliphatic rings. The minimum atomic E-state index is 0.640. The van der Waals surface area contributed by atoms with Crippen molar-refractivity contribution in [3.8, 4) is 11.6 Å². The lowest BCUT2D eigenvalue weighted by Gasteiger charge is -2.03. The van der Waals surface area contributed by atoms with E-state index in [0.29, 0.717) is 11.6 Å². The van der Waals surface area contributed by atoms with E-state index in [0.717, 1.165) is 28.9 Å². The van der Waals surface area contributed by atoms with Crippen molar-refractivity contribution in [3.05, 3.63) is 47.8 Å². The first kappa shape index (κ1) is 11.9. The summed E-state index contributed by atoms with van der Waals surface area (Å²) in [5, 5.41) is 4.16. The second kappa shape index (κ2) is 4.82. The Hall–Kier alpha value is -2.20. The zero-order valence-electron chi connectivity index (χ0n) is 11.0. The van der Waals surface area contributed by atoms with Gasteiger partial charge < -0.3 is 9.73 Å². The average molecular weight is 253 g/mol. The van der Waals surface area contributed by atoms with Crippen molar-refractivity contribution in [2.75, 3.05) is 7.05 Å². The van der Waals surface area contributed by atoms with Crippen LogP contribution >= 0.6 is 0 Å². The number of nitrogens with one attached hydrogen (secondary N) is 1. The molecule has 0 saturated heterocycles. The number of hydrogen-bond donors (Lipinski definition) is 1. The van der Waals surface area contributed by atoms with Gasteiger partial charge in [0.1, 0.15) is 5.58 Å². The largest absolute Gasteiger partial charge is 0.453 e. The fourth-order valence-electron chi connectivity index (χ4n) is 2.11. The smallest absolute Gasteiger partial charge is 0.196 e. The highest BCUT2D eigenvalue weighted by molar-refractivity contribution is 5.81. The van der Waals surface area contributed by atoms with E-state index >= 15 is 0 Å². The molecule has 0 aliphatic carbocycles. The quantitative estimate of drug-likeness (QED) is 0.779. The third-order valence-corrected chi connectivity index (χ3v) is 2.91. The van der Waals surface area contributed by atoms with Crippen LogP contribution in [0.15, 0.2) is 40.8 Å². The molecule has 1 N–H and O–H groups in total. The maximum atomic E-state index is 5.80. The fraction of sp³-hybridized carbons (Fsp3) is 0.200. The summed E-state index contributed by atoms with van der Waals surface area (Å²) >= 11 is 0. The van der Waals surface area contributed by atoms with Gasteiger partial charge in [-0.2, -0.15) is 0 Å². The molecule has 2 aromatic heterocycles. The van der Waals surface area contributed by atoms with Gasteiger partial charge in [0.25, 0.3) is 0 Å². The summed E-state index contributed by atoms with van der Waals surface area (Å²) in [4.78, 5) is 8.97. The fourth-order valence-corrected chi connectivity index (χ4v) is 2.11. The van der Waals surface area contributed by atoms with Crippen LogP contribution in [0.3, 0.4) is 0 Å². The van der Waals surface area contributed by atoms with Crippen molar-refractivity contribution in [3.63, 3.8) is 0 Å².